The molecule has 1 fully saturated rings. The lowest BCUT2D eigenvalue weighted by Crippen LogP contribution is -2.54. The second-order valence-corrected chi connectivity index (χ2v) is 6.77. The first-order chi connectivity index (χ1) is 10.4. The van der Waals surface area contributed by atoms with Gasteiger partial charge in [0.1, 0.15) is 5.75 Å². The van der Waals surface area contributed by atoms with Gasteiger partial charge < -0.3 is 20.1 Å². The fourth-order valence-electron chi connectivity index (χ4n) is 3.28. The van der Waals surface area contributed by atoms with Gasteiger partial charge in [0, 0.05) is 19.1 Å². The summed E-state index contributed by atoms with van der Waals surface area (Å²) in [5, 5.41) is 14.4. The third-order valence-corrected chi connectivity index (χ3v) is 5.10. The van der Waals surface area contributed by atoms with Crippen molar-refractivity contribution in [3.05, 3.63) is 29.8 Å². The summed E-state index contributed by atoms with van der Waals surface area (Å²) < 4.78 is 5.16. The molecule has 0 radical (unpaired) electrons. The van der Waals surface area contributed by atoms with Crippen LogP contribution in [-0.2, 0) is 6.54 Å². The van der Waals surface area contributed by atoms with Gasteiger partial charge in [0.15, 0.2) is 0 Å². The van der Waals surface area contributed by atoms with Crippen LogP contribution in [-0.4, -0.2) is 48.9 Å². The van der Waals surface area contributed by atoms with E-state index in [4.69, 9.17) is 4.74 Å². The van der Waals surface area contributed by atoms with Crippen molar-refractivity contribution in [1.29, 1.82) is 0 Å². The number of methoxy groups -OCH3 is 1. The van der Waals surface area contributed by atoms with Crippen LogP contribution in [0.25, 0.3) is 0 Å². The van der Waals surface area contributed by atoms with Crippen LogP contribution >= 0.6 is 0 Å². The maximum absolute atomic E-state index is 10.9. The minimum atomic E-state index is -0.543. The highest BCUT2D eigenvalue weighted by molar-refractivity contribution is 5.26. The molecule has 4 heteroatoms. The molecule has 3 atom stereocenters. The number of likely N-dealkylation sites (tertiary alicyclic amines) is 1. The van der Waals surface area contributed by atoms with Crippen molar-refractivity contribution in [3.8, 4) is 5.75 Å². The zero-order valence-electron chi connectivity index (χ0n) is 14.3. The largest absolute Gasteiger partial charge is 0.497 e. The van der Waals surface area contributed by atoms with Gasteiger partial charge in [0.25, 0.3) is 0 Å². The van der Waals surface area contributed by atoms with Gasteiger partial charge in [-0.15, -0.1) is 0 Å². The molecule has 1 aliphatic rings. The minimum absolute atomic E-state index is 0.316. The highest BCUT2D eigenvalue weighted by Gasteiger charge is 2.40. The number of hydrogen-bond acceptors (Lipinski definition) is 4. The van der Waals surface area contributed by atoms with Gasteiger partial charge in [-0.05, 0) is 57.0 Å². The molecule has 1 saturated heterocycles. The molecular weight excluding hydrogens is 276 g/mol. The topological polar surface area (TPSA) is 44.7 Å². The molecule has 124 valence electrons. The Bertz CT molecular complexity index is 463. The first-order valence-electron chi connectivity index (χ1n) is 8.21. The third-order valence-electron chi connectivity index (χ3n) is 5.10. The molecule has 0 spiro atoms. The lowest BCUT2D eigenvalue weighted by atomic mass is 9.77. The van der Waals surface area contributed by atoms with E-state index in [1.807, 2.05) is 12.1 Å². The first kappa shape index (κ1) is 17.3. The zero-order chi connectivity index (χ0) is 16.2. The molecule has 0 aromatic heterocycles. The Hall–Kier alpha value is -1.10. The first-order valence-corrected chi connectivity index (χ1v) is 8.21. The summed E-state index contributed by atoms with van der Waals surface area (Å²) in [6.07, 6.45) is 1.66. The summed E-state index contributed by atoms with van der Waals surface area (Å²) in [5.41, 5.74) is 0.691. The van der Waals surface area contributed by atoms with Gasteiger partial charge in [-0.3, -0.25) is 0 Å². The molecule has 1 aromatic rings. The number of nitrogens with one attached hydrogen (secondary N) is 1. The van der Waals surface area contributed by atoms with E-state index in [0.29, 0.717) is 12.0 Å². The molecule has 0 saturated carbocycles. The Morgan fingerprint density at radius 3 is 2.64 bits per heavy atom. The van der Waals surface area contributed by atoms with Crippen molar-refractivity contribution in [2.24, 2.45) is 5.92 Å². The van der Waals surface area contributed by atoms with Gasteiger partial charge in [0.05, 0.1) is 12.7 Å². The zero-order valence-corrected chi connectivity index (χ0v) is 14.3. The number of piperidine rings is 1. The number of benzene rings is 1. The second-order valence-electron chi connectivity index (χ2n) is 6.77. The van der Waals surface area contributed by atoms with Crippen LogP contribution in [0.3, 0.4) is 0 Å². The van der Waals surface area contributed by atoms with E-state index in [2.05, 4.69) is 43.2 Å². The summed E-state index contributed by atoms with van der Waals surface area (Å²) in [5.74, 6) is 1.20. The van der Waals surface area contributed by atoms with Crippen LogP contribution in [0.5, 0.6) is 5.75 Å². The SMILES string of the molecule is COc1ccc(CNCC[C@]2(O)C[C@H](C)N(C)C[C@@H]2C)cc1. The molecule has 2 N–H and O–H groups in total. The number of rotatable bonds is 6. The molecule has 1 aliphatic heterocycles. The van der Waals surface area contributed by atoms with Gasteiger partial charge in [-0.1, -0.05) is 19.1 Å². The molecule has 4 nitrogen and oxygen atoms in total. The van der Waals surface area contributed by atoms with Gasteiger partial charge in [-0.2, -0.15) is 0 Å². The Balaban J connectivity index is 1.77. The smallest absolute Gasteiger partial charge is 0.118 e. The number of aliphatic hydroxyl groups is 1. The van der Waals surface area contributed by atoms with Crippen molar-refractivity contribution in [2.45, 2.75) is 44.9 Å². The summed E-state index contributed by atoms with van der Waals surface area (Å²) in [4.78, 5) is 2.34. The second kappa shape index (κ2) is 7.44. The number of nitrogens with zero attached hydrogens (tertiary/aromatic N) is 1. The van der Waals surface area contributed by atoms with E-state index in [1.165, 1.54) is 5.56 Å². The molecule has 1 aromatic carbocycles. The number of ether oxygens (including phenoxy) is 1. The Morgan fingerprint density at radius 1 is 1.32 bits per heavy atom. The minimum Gasteiger partial charge on any atom is -0.497 e. The van der Waals surface area contributed by atoms with Crippen molar-refractivity contribution in [1.82, 2.24) is 10.2 Å². The molecular formula is C18H30N2O2. The number of hydrogen-bond donors (Lipinski definition) is 2. The summed E-state index contributed by atoms with van der Waals surface area (Å²) in [7, 11) is 3.82. The predicted octanol–water partition coefficient (Wildman–Crippen LogP) is 2.27. The predicted molar refractivity (Wildman–Crippen MR) is 90.1 cm³/mol. The maximum Gasteiger partial charge on any atom is 0.118 e. The van der Waals surface area contributed by atoms with Crippen LogP contribution in [0, 0.1) is 5.92 Å². The fraction of sp³-hybridized carbons (Fsp3) is 0.667. The van der Waals surface area contributed by atoms with E-state index >= 15 is 0 Å². The quantitative estimate of drug-likeness (QED) is 0.792. The van der Waals surface area contributed by atoms with E-state index < -0.39 is 5.60 Å². The van der Waals surface area contributed by atoms with E-state index in [-0.39, 0.29) is 0 Å². The molecule has 0 aliphatic carbocycles. The molecule has 1 heterocycles. The molecule has 22 heavy (non-hydrogen) atoms. The average molecular weight is 306 g/mol. The van der Waals surface area contributed by atoms with Crippen molar-refractivity contribution < 1.29 is 9.84 Å². The molecule has 0 unspecified atom stereocenters. The molecule has 0 amide bonds. The van der Waals surface area contributed by atoms with Gasteiger partial charge in [0.2, 0.25) is 0 Å². The Kier molecular flexibility index (Phi) is 5.84. The highest BCUT2D eigenvalue weighted by atomic mass is 16.5. The van der Waals surface area contributed by atoms with E-state index in [1.54, 1.807) is 7.11 Å². The molecule has 0 bridgehead atoms. The molecule has 2 rings (SSSR count). The summed E-state index contributed by atoms with van der Waals surface area (Å²) in [6.45, 7) is 6.98. The van der Waals surface area contributed by atoms with Crippen LogP contribution < -0.4 is 10.1 Å². The summed E-state index contributed by atoms with van der Waals surface area (Å²) in [6, 6.07) is 8.54. The normalized spacial score (nSPS) is 29.5. The summed E-state index contributed by atoms with van der Waals surface area (Å²) >= 11 is 0. The Labute approximate surface area is 134 Å². The average Bonchev–Trinajstić information content (AvgIpc) is 2.50. The monoisotopic (exact) mass is 306 g/mol. The van der Waals surface area contributed by atoms with Crippen molar-refractivity contribution in [3.63, 3.8) is 0 Å². The van der Waals surface area contributed by atoms with Crippen LogP contribution in [0.2, 0.25) is 0 Å². The van der Waals surface area contributed by atoms with Crippen LogP contribution in [0.4, 0.5) is 0 Å². The van der Waals surface area contributed by atoms with Crippen molar-refractivity contribution in [2.75, 3.05) is 27.2 Å². The van der Waals surface area contributed by atoms with E-state index in [9.17, 15) is 5.11 Å². The fourth-order valence-corrected chi connectivity index (χ4v) is 3.28. The third kappa shape index (κ3) is 4.22. The van der Waals surface area contributed by atoms with E-state index in [0.717, 1.165) is 38.2 Å². The van der Waals surface area contributed by atoms with Crippen LogP contribution in [0.15, 0.2) is 24.3 Å². The van der Waals surface area contributed by atoms with Crippen LogP contribution in [0.1, 0.15) is 32.3 Å². The highest BCUT2D eigenvalue weighted by Crippen LogP contribution is 2.33. The van der Waals surface area contributed by atoms with Gasteiger partial charge in [-0.25, -0.2) is 0 Å². The Morgan fingerprint density at radius 2 is 2.00 bits per heavy atom. The standard InChI is InChI=1S/C18H30N2O2/c1-14-13-20(3)15(2)11-18(14,21)9-10-19-12-16-5-7-17(22-4)8-6-16/h5-8,14-15,19,21H,9-13H2,1-4H3/t14-,15-,18-/m0/s1. The van der Waals surface area contributed by atoms with Gasteiger partial charge >= 0.3 is 0 Å². The maximum atomic E-state index is 10.9. The lowest BCUT2D eigenvalue weighted by molar-refractivity contribution is -0.0831. The lowest BCUT2D eigenvalue weighted by Gasteiger charge is -2.46. The van der Waals surface area contributed by atoms with Crippen molar-refractivity contribution >= 4 is 0 Å².